The van der Waals surface area contributed by atoms with Crippen LogP contribution >= 0.6 is 0 Å². The van der Waals surface area contributed by atoms with Crippen LogP contribution in [0.2, 0.25) is 0 Å². The molecule has 9 heteroatoms. The molecular formula is C18H20N2O6S. The molecule has 0 saturated carbocycles. The number of anilines is 1. The monoisotopic (exact) mass is 392 g/mol. The van der Waals surface area contributed by atoms with Crippen LogP contribution in [-0.4, -0.2) is 47.2 Å². The lowest BCUT2D eigenvalue weighted by Gasteiger charge is -2.09. The molecule has 0 aromatic heterocycles. The van der Waals surface area contributed by atoms with E-state index in [-0.39, 0.29) is 10.5 Å². The van der Waals surface area contributed by atoms with Gasteiger partial charge >= 0.3 is 5.97 Å². The minimum atomic E-state index is -3.77. The van der Waals surface area contributed by atoms with Crippen molar-refractivity contribution in [3.8, 4) is 0 Å². The van der Waals surface area contributed by atoms with Gasteiger partial charge in [-0.15, -0.1) is 0 Å². The van der Waals surface area contributed by atoms with E-state index in [0.717, 1.165) is 0 Å². The number of methoxy groups -OCH3 is 1. The Labute approximate surface area is 157 Å². The maximum absolute atomic E-state index is 12.3. The molecule has 8 nitrogen and oxygen atoms in total. The Bertz CT molecular complexity index is 866. The van der Waals surface area contributed by atoms with Crippen LogP contribution in [0.25, 0.3) is 0 Å². The molecule has 0 atom stereocenters. The molecule has 2 aromatic carbocycles. The number of carbonyl (C=O) groups is 2. The zero-order valence-electron chi connectivity index (χ0n) is 14.7. The number of hydrogen-bond acceptors (Lipinski definition) is 6. The van der Waals surface area contributed by atoms with Crippen LogP contribution in [0, 0.1) is 0 Å². The number of nitrogens with one attached hydrogen (secondary N) is 2. The van der Waals surface area contributed by atoms with Gasteiger partial charge in [-0.05, 0) is 36.4 Å². The normalized spacial score (nSPS) is 10.9. The smallest absolute Gasteiger partial charge is 0.338 e. The van der Waals surface area contributed by atoms with E-state index in [9.17, 15) is 18.0 Å². The summed E-state index contributed by atoms with van der Waals surface area (Å²) in [6, 6.07) is 13.7. The number of rotatable bonds is 9. The Morgan fingerprint density at radius 3 is 2.30 bits per heavy atom. The summed E-state index contributed by atoms with van der Waals surface area (Å²) in [5, 5.41) is 2.51. The lowest BCUT2D eigenvalue weighted by molar-refractivity contribution is -0.124. The van der Waals surface area contributed by atoms with Gasteiger partial charge in [-0.3, -0.25) is 9.52 Å². The van der Waals surface area contributed by atoms with Crippen molar-refractivity contribution in [2.45, 2.75) is 4.90 Å². The summed E-state index contributed by atoms with van der Waals surface area (Å²) in [5.41, 5.74) is 0.568. The van der Waals surface area contributed by atoms with Gasteiger partial charge in [0.15, 0.2) is 6.61 Å². The fourth-order valence-corrected chi connectivity index (χ4v) is 3.11. The third kappa shape index (κ3) is 6.39. The Morgan fingerprint density at radius 2 is 1.67 bits per heavy atom. The van der Waals surface area contributed by atoms with Crippen LogP contribution in [-0.2, 0) is 24.3 Å². The van der Waals surface area contributed by atoms with Crippen molar-refractivity contribution < 1.29 is 27.5 Å². The molecule has 2 rings (SSSR count). The second-order valence-electron chi connectivity index (χ2n) is 5.41. The molecule has 0 bridgehead atoms. The summed E-state index contributed by atoms with van der Waals surface area (Å²) in [4.78, 5) is 23.4. The third-order valence-electron chi connectivity index (χ3n) is 3.39. The second kappa shape index (κ2) is 9.70. The van der Waals surface area contributed by atoms with Gasteiger partial charge in [-0.2, -0.15) is 0 Å². The fraction of sp³-hybridized carbons (Fsp3) is 0.222. The minimum Gasteiger partial charge on any atom is -0.452 e. The highest BCUT2D eigenvalue weighted by Gasteiger charge is 2.16. The van der Waals surface area contributed by atoms with E-state index in [1.165, 1.54) is 31.4 Å². The number of carbonyl (C=O) groups excluding carboxylic acids is 2. The number of amides is 1. The van der Waals surface area contributed by atoms with Gasteiger partial charge in [-0.1, -0.05) is 18.2 Å². The predicted molar refractivity (Wildman–Crippen MR) is 98.9 cm³/mol. The summed E-state index contributed by atoms with van der Waals surface area (Å²) in [6.45, 7) is 0.235. The van der Waals surface area contributed by atoms with Crippen molar-refractivity contribution in [3.05, 3.63) is 60.2 Å². The molecule has 2 aromatic rings. The van der Waals surface area contributed by atoms with E-state index >= 15 is 0 Å². The van der Waals surface area contributed by atoms with Crippen molar-refractivity contribution in [3.63, 3.8) is 0 Å². The van der Waals surface area contributed by atoms with Crippen LogP contribution < -0.4 is 10.0 Å². The van der Waals surface area contributed by atoms with Gasteiger partial charge in [0.25, 0.3) is 15.9 Å². The molecule has 0 aliphatic carbocycles. The van der Waals surface area contributed by atoms with Gasteiger partial charge in [0.2, 0.25) is 0 Å². The van der Waals surface area contributed by atoms with Crippen molar-refractivity contribution in [2.24, 2.45) is 0 Å². The number of hydrogen-bond donors (Lipinski definition) is 2. The highest BCUT2D eigenvalue weighted by molar-refractivity contribution is 7.92. The number of para-hydroxylation sites is 1. The number of ether oxygens (including phenoxy) is 2. The summed E-state index contributed by atoms with van der Waals surface area (Å²) in [7, 11) is -2.27. The molecule has 0 saturated heterocycles. The van der Waals surface area contributed by atoms with Crippen molar-refractivity contribution >= 4 is 27.6 Å². The SMILES string of the molecule is COCCNC(=O)COC(=O)c1ccc(S(=O)(=O)Nc2ccccc2)cc1. The molecule has 0 fully saturated rings. The summed E-state index contributed by atoms with van der Waals surface area (Å²) >= 11 is 0. The summed E-state index contributed by atoms with van der Waals surface area (Å²) in [6.07, 6.45) is 0. The Balaban J connectivity index is 1.94. The minimum absolute atomic E-state index is 0.000196. The molecule has 0 unspecified atom stereocenters. The quantitative estimate of drug-likeness (QED) is 0.493. The molecule has 2 N–H and O–H groups in total. The van der Waals surface area contributed by atoms with Crippen molar-refractivity contribution in [2.75, 3.05) is 31.6 Å². The van der Waals surface area contributed by atoms with Gasteiger partial charge in [0, 0.05) is 19.3 Å². The fourth-order valence-electron chi connectivity index (χ4n) is 2.05. The zero-order chi connectivity index (χ0) is 19.7. The van der Waals surface area contributed by atoms with E-state index in [0.29, 0.717) is 18.8 Å². The highest BCUT2D eigenvalue weighted by atomic mass is 32.2. The van der Waals surface area contributed by atoms with Crippen LogP contribution in [0.1, 0.15) is 10.4 Å². The topological polar surface area (TPSA) is 111 Å². The van der Waals surface area contributed by atoms with E-state index in [2.05, 4.69) is 10.0 Å². The highest BCUT2D eigenvalue weighted by Crippen LogP contribution is 2.16. The number of benzene rings is 2. The summed E-state index contributed by atoms with van der Waals surface area (Å²) in [5.74, 6) is -1.18. The lowest BCUT2D eigenvalue weighted by atomic mass is 10.2. The molecule has 27 heavy (non-hydrogen) atoms. The average molecular weight is 392 g/mol. The molecule has 144 valence electrons. The molecule has 0 spiro atoms. The maximum atomic E-state index is 12.3. The van der Waals surface area contributed by atoms with Crippen molar-refractivity contribution in [1.82, 2.24) is 5.32 Å². The van der Waals surface area contributed by atoms with E-state index in [4.69, 9.17) is 9.47 Å². The standard InChI is InChI=1S/C18H20N2O6S/c1-25-12-11-19-17(21)13-26-18(22)14-7-9-16(10-8-14)27(23,24)20-15-5-3-2-4-6-15/h2-10,20H,11-13H2,1H3,(H,19,21). The first-order valence-corrected chi connectivity index (χ1v) is 9.51. The van der Waals surface area contributed by atoms with E-state index in [1.54, 1.807) is 30.3 Å². The van der Waals surface area contributed by atoms with Crippen LogP contribution in [0.3, 0.4) is 0 Å². The van der Waals surface area contributed by atoms with Gasteiger partial charge in [0.05, 0.1) is 17.1 Å². The Morgan fingerprint density at radius 1 is 1.00 bits per heavy atom. The first-order chi connectivity index (χ1) is 12.9. The number of esters is 1. The van der Waals surface area contributed by atoms with Gasteiger partial charge < -0.3 is 14.8 Å². The molecule has 0 radical (unpaired) electrons. The summed E-state index contributed by atoms with van der Waals surface area (Å²) < 4.78 is 36.8. The second-order valence-corrected chi connectivity index (χ2v) is 7.10. The Kier molecular flexibility index (Phi) is 7.33. The third-order valence-corrected chi connectivity index (χ3v) is 4.79. The lowest BCUT2D eigenvalue weighted by Crippen LogP contribution is -2.31. The molecule has 0 aliphatic rings. The first-order valence-electron chi connectivity index (χ1n) is 8.03. The molecular weight excluding hydrogens is 372 g/mol. The van der Waals surface area contributed by atoms with Gasteiger partial charge in [-0.25, -0.2) is 13.2 Å². The van der Waals surface area contributed by atoms with Crippen LogP contribution in [0.5, 0.6) is 0 Å². The van der Waals surface area contributed by atoms with Crippen molar-refractivity contribution in [1.29, 1.82) is 0 Å². The molecule has 1 amide bonds. The largest absolute Gasteiger partial charge is 0.452 e. The zero-order valence-corrected chi connectivity index (χ0v) is 15.5. The van der Waals surface area contributed by atoms with E-state index in [1.807, 2.05) is 0 Å². The maximum Gasteiger partial charge on any atom is 0.338 e. The van der Waals surface area contributed by atoms with Crippen LogP contribution in [0.4, 0.5) is 5.69 Å². The van der Waals surface area contributed by atoms with Gasteiger partial charge in [0.1, 0.15) is 0 Å². The molecule has 0 aliphatic heterocycles. The first kappa shape index (κ1) is 20.4. The Hall–Kier alpha value is -2.91. The van der Waals surface area contributed by atoms with E-state index < -0.39 is 28.5 Å². The number of sulfonamides is 1. The van der Waals surface area contributed by atoms with Crippen LogP contribution in [0.15, 0.2) is 59.5 Å². The average Bonchev–Trinajstić information content (AvgIpc) is 2.67. The molecule has 0 heterocycles. The predicted octanol–water partition coefficient (Wildman–Crippen LogP) is 1.41.